The minimum atomic E-state index is 0.334. The van der Waals surface area contributed by atoms with E-state index in [9.17, 15) is 5.26 Å². The van der Waals surface area contributed by atoms with Crippen LogP contribution in [0, 0.1) is 18.3 Å². The number of fused-ring (bicyclic) bond motifs is 1. The second-order valence-electron chi connectivity index (χ2n) is 7.38. The van der Waals surface area contributed by atoms with Crippen LogP contribution in [-0.2, 0) is 17.9 Å². The number of nitriles is 1. The lowest BCUT2D eigenvalue weighted by atomic mass is 10.1. The quantitative estimate of drug-likeness (QED) is 0.302. The normalized spacial score (nSPS) is 11.2. The van der Waals surface area contributed by atoms with Gasteiger partial charge in [-0.2, -0.15) is 10.4 Å². The van der Waals surface area contributed by atoms with Crippen molar-refractivity contribution in [2.75, 3.05) is 12.5 Å². The predicted octanol–water partition coefficient (Wildman–Crippen LogP) is 5.51. The molecule has 0 bridgehead atoms. The zero-order valence-corrected chi connectivity index (χ0v) is 18.6. The highest BCUT2D eigenvalue weighted by Crippen LogP contribution is 2.24. The number of ether oxygens (including phenoxy) is 1. The van der Waals surface area contributed by atoms with Gasteiger partial charge in [0.2, 0.25) is 0 Å². The molecule has 0 aliphatic heterocycles. The molecule has 6 nitrogen and oxygen atoms in total. The molecule has 0 spiro atoms. The summed E-state index contributed by atoms with van der Waals surface area (Å²) in [6.07, 6.45) is 3.79. The number of nitrogens with one attached hydrogen (secondary N) is 1. The van der Waals surface area contributed by atoms with Crippen molar-refractivity contribution in [2.45, 2.75) is 20.1 Å². The van der Waals surface area contributed by atoms with Crippen LogP contribution in [0.5, 0.6) is 0 Å². The molecular weight excluding hydrogens is 422 g/mol. The summed E-state index contributed by atoms with van der Waals surface area (Å²) in [5.74, 6) is 0.413. The van der Waals surface area contributed by atoms with Gasteiger partial charge in [0.15, 0.2) is 5.82 Å². The van der Waals surface area contributed by atoms with E-state index in [-0.39, 0.29) is 0 Å². The number of methoxy groups -OCH3 is 1. The van der Waals surface area contributed by atoms with Crippen LogP contribution < -0.4 is 5.43 Å². The first-order valence-corrected chi connectivity index (χ1v) is 10.5. The third-order valence-electron chi connectivity index (χ3n) is 5.13. The van der Waals surface area contributed by atoms with Gasteiger partial charge in [0, 0.05) is 52.6 Å². The molecular formula is C25H22ClN5O. The summed E-state index contributed by atoms with van der Waals surface area (Å²) in [5, 5.41) is 15.8. The Hall–Kier alpha value is -3.66. The van der Waals surface area contributed by atoms with Gasteiger partial charge in [-0.25, -0.2) is 4.98 Å². The number of pyridine rings is 1. The van der Waals surface area contributed by atoms with Crippen LogP contribution in [0.2, 0.25) is 5.02 Å². The topological polar surface area (TPSA) is 75.2 Å². The minimum Gasteiger partial charge on any atom is -0.380 e. The number of hydrogen-bond donors (Lipinski definition) is 1. The number of aryl methyl sites for hydroxylation is 1. The Morgan fingerprint density at radius 3 is 2.75 bits per heavy atom. The van der Waals surface area contributed by atoms with Crippen LogP contribution in [0.1, 0.15) is 27.9 Å². The first kappa shape index (κ1) is 21.6. The van der Waals surface area contributed by atoms with E-state index in [0.717, 1.165) is 38.3 Å². The van der Waals surface area contributed by atoms with E-state index in [1.165, 1.54) is 0 Å². The number of anilines is 1. The van der Waals surface area contributed by atoms with E-state index < -0.39 is 0 Å². The fourth-order valence-electron chi connectivity index (χ4n) is 3.70. The molecule has 1 N–H and O–H groups in total. The van der Waals surface area contributed by atoms with Gasteiger partial charge in [0.1, 0.15) is 11.6 Å². The third-order valence-corrected chi connectivity index (χ3v) is 5.50. The molecule has 7 heteroatoms. The SMILES string of the molecule is COCc1cc(C)nc(NN=Cc2cn(Cc3ccccc3Cl)c3ccccc23)c1C#N. The van der Waals surface area contributed by atoms with Gasteiger partial charge in [-0.1, -0.05) is 48.0 Å². The van der Waals surface area contributed by atoms with Gasteiger partial charge in [-0.05, 0) is 30.7 Å². The molecule has 2 aromatic carbocycles. The van der Waals surface area contributed by atoms with E-state index in [2.05, 4.69) is 38.3 Å². The number of aromatic nitrogens is 2. The van der Waals surface area contributed by atoms with Gasteiger partial charge in [0.25, 0.3) is 0 Å². The molecule has 160 valence electrons. The van der Waals surface area contributed by atoms with Crippen molar-refractivity contribution < 1.29 is 4.74 Å². The summed E-state index contributed by atoms with van der Waals surface area (Å²) in [6.45, 7) is 2.86. The molecule has 0 fully saturated rings. The van der Waals surface area contributed by atoms with Crippen molar-refractivity contribution in [3.63, 3.8) is 0 Å². The van der Waals surface area contributed by atoms with Crippen LogP contribution in [0.3, 0.4) is 0 Å². The summed E-state index contributed by atoms with van der Waals surface area (Å²) in [6, 6.07) is 20.0. The van der Waals surface area contributed by atoms with Crippen molar-refractivity contribution in [1.29, 1.82) is 5.26 Å². The lowest BCUT2D eigenvalue weighted by Gasteiger charge is -2.09. The predicted molar refractivity (Wildman–Crippen MR) is 128 cm³/mol. The molecule has 0 saturated heterocycles. The number of rotatable bonds is 7. The Labute approximate surface area is 191 Å². The Balaban J connectivity index is 1.65. The summed E-state index contributed by atoms with van der Waals surface area (Å²) in [4.78, 5) is 4.43. The van der Waals surface area contributed by atoms with Crippen LogP contribution in [0.4, 0.5) is 5.82 Å². The zero-order valence-electron chi connectivity index (χ0n) is 17.8. The lowest BCUT2D eigenvalue weighted by molar-refractivity contribution is 0.184. The van der Waals surface area contributed by atoms with Gasteiger partial charge in [-0.3, -0.25) is 5.43 Å². The lowest BCUT2D eigenvalue weighted by Crippen LogP contribution is -2.03. The second-order valence-corrected chi connectivity index (χ2v) is 7.79. The molecule has 2 aromatic heterocycles. The summed E-state index contributed by atoms with van der Waals surface area (Å²) >= 11 is 6.37. The van der Waals surface area contributed by atoms with Crippen molar-refractivity contribution in [1.82, 2.24) is 9.55 Å². The van der Waals surface area contributed by atoms with Crippen molar-refractivity contribution >= 4 is 34.5 Å². The Morgan fingerprint density at radius 2 is 1.97 bits per heavy atom. The van der Waals surface area contributed by atoms with Gasteiger partial charge in [-0.15, -0.1) is 0 Å². The van der Waals surface area contributed by atoms with E-state index in [1.54, 1.807) is 13.3 Å². The van der Waals surface area contributed by atoms with Crippen LogP contribution >= 0.6 is 11.6 Å². The fraction of sp³-hybridized carbons (Fsp3) is 0.160. The molecule has 4 rings (SSSR count). The molecule has 0 aliphatic rings. The van der Waals surface area contributed by atoms with E-state index in [1.807, 2.05) is 55.6 Å². The second kappa shape index (κ2) is 9.65. The molecule has 0 amide bonds. The smallest absolute Gasteiger partial charge is 0.164 e. The number of halogens is 1. The van der Waals surface area contributed by atoms with Crippen LogP contribution in [0.25, 0.3) is 10.9 Å². The number of para-hydroxylation sites is 1. The summed E-state index contributed by atoms with van der Waals surface area (Å²) < 4.78 is 7.36. The summed E-state index contributed by atoms with van der Waals surface area (Å²) in [5.41, 5.74) is 8.00. The van der Waals surface area contributed by atoms with Gasteiger partial charge < -0.3 is 9.30 Å². The monoisotopic (exact) mass is 443 g/mol. The molecule has 0 saturated carbocycles. The molecule has 2 heterocycles. The standard InChI is InChI=1S/C25H22ClN5O/c1-17-11-19(16-32-2)22(12-27)25(29-17)30-28-13-20-15-31(24-10-6-4-8-21(20)24)14-18-7-3-5-9-23(18)26/h3-11,13,15H,14,16H2,1-2H3,(H,29,30). The number of hydrazone groups is 1. The molecule has 4 aromatic rings. The van der Waals surface area contributed by atoms with E-state index >= 15 is 0 Å². The highest BCUT2D eigenvalue weighted by atomic mass is 35.5. The molecule has 0 radical (unpaired) electrons. The first-order valence-electron chi connectivity index (χ1n) is 10.1. The molecule has 0 unspecified atom stereocenters. The largest absolute Gasteiger partial charge is 0.380 e. The number of benzene rings is 2. The Bertz CT molecular complexity index is 1340. The highest BCUT2D eigenvalue weighted by molar-refractivity contribution is 6.31. The van der Waals surface area contributed by atoms with Crippen molar-refractivity contribution in [3.8, 4) is 6.07 Å². The maximum atomic E-state index is 9.59. The third kappa shape index (κ3) is 4.50. The van der Waals surface area contributed by atoms with Crippen molar-refractivity contribution in [2.24, 2.45) is 5.10 Å². The average Bonchev–Trinajstić information content (AvgIpc) is 3.13. The number of nitrogens with zero attached hydrogens (tertiary/aromatic N) is 4. The van der Waals surface area contributed by atoms with Crippen molar-refractivity contribution in [3.05, 3.63) is 93.8 Å². The summed E-state index contributed by atoms with van der Waals surface area (Å²) in [7, 11) is 1.60. The molecule has 32 heavy (non-hydrogen) atoms. The zero-order chi connectivity index (χ0) is 22.5. The maximum absolute atomic E-state index is 9.59. The molecule has 0 atom stereocenters. The van der Waals surface area contributed by atoms with E-state index in [4.69, 9.17) is 16.3 Å². The van der Waals surface area contributed by atoms with Crippen LogP contribution in [0.15, 0.2) is 65.9 Å². The van der Waals surface area contributed by atoms with Gasteiger partial charge >= 0.3 is 0 Å². The first-order chi connectivity index (χ1) is 15.6. The molecule has 0 aliphatic carbocycles. The average molecular weight is 444 g/mol. The minimum absolute atomic E-state index is 0.334. The number of hydrogen-bond acceptors (Lipinski definition) is 5. The fourth-order valence-corrected chi connectivity index (χ4v) is 3.89. The van der Waals surface area contributed by atoms with Gasteiger partial charge in [0.05, 0.1) is 12.8 Å². The maximum Gasteiger partial charge on any atom is 0.164 e. The Morgan fingerprint density at radius 1 is 1.19 bits per heavy atom. The van der Waals surface area contributed by atoms with Crippen LogP contribution in [-0.4, -0.2) is 22.9 Å². The Kier molecular flexibility index (Phi) is 6.50. The highest BCUT2D eigenvalue weighted by Gasteiger charge is 2.12. The van der Waals surface area contributed by atoms with E-state index in [0.29, 0.717) is 24.5 Å².